The second-order valence-electron chi connectivity index (χ2n) is 4.41. The molecule has 0 radical (unpaired) electrons. The fraction of sp³-hybridized carbons (Fsp3) is 0.417. The summed E-state index contributed by atoms with van der Waals surface area (Å²) in [4.78, 5) is 11.0. The average Bonchev–Trinajstić information content (AvgIpc) is 2.26. The largest absolute Gasteiger partial charge is 0.481 e. The number of alkyl halides is 3. The van der Waals surface area contributed by atoms with Crippen LogP contribution in [0.5, 0.6) is 0 Å². The van der Waals surface area contributed by atoms with E-state index in [0.717, 1.165) is 5.56 Å². The van der Waals surface area contributed by atoms with Crippen LogP contribution < -0.4 is 5.32 Å². The minimum absolute atomic E-state index is 0.103. The fourth-order valence-electron chi connectivity index (χ4n) is 2.25. The molecule has 0 saturated heterocycles. The molecule has 0 spiro atoms. The zero-order chi connectivity index (χ0) is 13.5. The van der Waals surface area contributed by atoms with Crippen molar-refractivity contribution in [3.63, 3.8) is 0 Å². The van der Waals surface area contributed by atoms with Gasteiger partial charge in [-0.15, -0.1) is 0 Å². The van der Waals surface area contributed by atoms with Crippen molar-refractivity contribution >= 4 is 11.7 Å². The van der Waals surface area contributed by atoms with Gasteiger partial charge in [0.05, 0.1) is 5.92 Å². The van der Waals surface area contributed by atoms with Crippen molar-refractivity contribution in [3.05, 3.63) is 29.3 Å². The first kappa shape index (κ1) is 12.7. The van der Waals surface area contributed by atoms with E-state index in [1.807, 2.05) is 0 Å². The van der Waals surface area contributed by atoms with Crippen LogP contribution in [0.4, 0.5) is 18.9 Å². The van der Waals surface area contributed by atoms with Gasteiger partial charge >= 0.3 is 12.1 Å². The fourth-order valence-corrected chi connectivity index (χ4v) is 2.25. The Morgan fingerprint density at radius 1 is 1.44 bits per heavy atom. The van der Waals surface area contributed by atoms with Gasteiger partial charge in [-0.2, -0.15) is 13.2 Å². The average molecular weight is 259 g/mol. The zero-order valence-corrected chi connectivity index (χ0v) is 9.58. The molecule has 0 aromatic heterocycles. The highest BCUT2D eigenvalue weighted by Crippen LogP contribution is 2.37. The van der Waals surface area contributed by atoms with Crippen LogP contribution in [0.2, 0.25) is 0 Å². The lowest BCUT2D eigenvalue weighted by Crippen LogP contribution is -2.49. The number of hydrogen-bond donors (Lipinski definition) is 2. The van der Waals surface area contributed by atoms with Gasteiger partial charge in [-0.3, -0.25) is 4.79 Å². The van der Waals surface area contributed by atoms with Gasteiger partial charge in [0.1, 0.15) is 6.04 Å². The van der Waals surface area contributed by atoms with E-state index in [-0.39, 0.29) is 6.42 Å². The van der Waals surface area contributed by atoms with Crippen LogP contribution in [0.15, 0.2) is 18.2 Å². The molecule has 2 N–H and O–H groups in total. The summed E-state index contributed by atoms with van der Waals surface area (Å²) in [5.41, 5.74) is 1.81. The van der Waals surface area contributed by atoms with E-state index in [4.69, 9.17) is 5.11 Å². The van der Waals surface area contributed by atoms with Gasteiger partial charge in [0.15, 0.2) is 0 Å². The molecule has 2 rings (SSSR count). The third kappa shape index (κ3) is 2.14. The molecule has 1 aromatic rings. The molecule has 2 atom stereocenters. The first-order valence-corrected chi connectivity index (χ1v) is 5.45. The number of carboxylic acid groups (broad SMARTS) is 1. The highest BCUT2D eigenvalue weighted by atomic mass is 19.4. The SMILES string of the molecule is Cc1cccc2c1C[C@@H](C(=O)O)[C@@H](C(F)(F)F)N2. The smallest absolute Gasteiger partial charge is 0.409 e. The second kappa shape index (κ2) is 4.19. The summed E-state index contributed by atoms with van der Waals surface area (Å²) >= 11 is 0. The van der Waals surface area contributed by atoms with Gasteiger partial charge in [-0.25, -0.2) is 0 Å². The molecule has 0 unspecified atom stereocenters. The molecular weight excluding hydrogens is 247 g/mol. The normalized spacial score (nSPS) is 23.1. The number of carboxylic acids is 1. The van der Waals surface area contributed by atoms with Crippen molar-refractivity contribution in [2.75, 3.05) is 5.32 Å². The first-order chi connectivity index (χ1) is 8.30. The maximum atomic E-state index is 12.8. The number of aryl methyl sites for hydroxylation is 1. The molecule has 0 aliphatic carbocycles. The van der Waals surface area contributed by atoms with Gasteiger partial charge in [-0.05, 0) is 30.5 Å². The topological polar surface area (TPSA) is 49.3 Å². The van der Waals surface area contributed by atoms with Crippen LogP contribution in [0, 0.1) is 12.8 Å². The summed E-state index contributed by atoms with van der Waals surface area (Å²) in [7, 11) is 0. The summed E-state index contributed by atoms with van der Waals surface area (Å²) in [5, 5.41) is 11.3. The third-order valence-electron chi connectivity index (χ3n) is 3.22. The lowest BCUT2D eigenvalue weighted by molar-refractivity contribution is -0.169. The van der Waals surface area contributed by atoms with Crippen LogP contribution in [-0.4, -0.2) is 23.3 Å². The van der Waals surface area contributed by atoms with Gasteiger partial charge in [0.25, 0.3) is 0 Å². The lowest BCUT2D eigenvalue weighted by atomic mass is 9.85. The molecule has 0 saturated carbocycles. The standard InChI is InChI=1S/C12H12F3NO2/c1-6-3-2-4-9-7(6)5-8(11(17)18)10(16-9)12(13,14)15/h2-4,8,10,16H,5H2,1H3,(H,17,18)/t8-,10+/m1/s1. The number of rotatable bonds is 1. The molecule has 6 heteroatoms. The number of nitrogens with one attached hydrogen (secondary N) is 1. The minimum atomic E-state index is -4.58. The van der Waals surface area contributed by atoms with E-state index in [0.29, 0.717) is 11.3 Å². The van der Waals surface area contributed by atoms with Crippen LogP contribution >= 0.6 is 0 Å². The van der Waals surface area contributed by atoms with Crippen molar-refractivity contribution in [3.8, 4) is 0 Å². The van der Waals surface area contributed by atoms with Crippen LogP contribution in [-0.2, 0) is 11.2 Å². The molecule has 1 aromatic carbocycles. The summed E-state index contributed by atoms with van der Waals surface area (Å²) in [6.45, 7) is 1.76. The van der Waals surface area contributed by atoms with Crippen LogP contribution in [0.3, 0.4) is 0 Å². The van der Waals surface area contributed by atoms with Gasteiger partial charge < -0.3 is 10.4 Å². The lowest BCUT2D eigenvalue weighted by Gasteiger charge is -2.34. The number of carbonyl (C=O) groups is 1. The zero-order valence-electron chi connectivity index (χ0n) is 9.58. The molecule has 0 bridgehead atoms. The van der Waals surface area contributed by atoms with Crippen LogP contribution in [0.1, 0.15) is 11.1 Å². The van der Waals surface area contributed by atoms with Crippen molar-refractivity contribution in [1.82, 2.24) is 0 Å². The molecule has 1 heterocycles. The number of anilines is 1. The van der Waals surface area contributed by atoms with Gasteiger partial charge in [-0.1, -0.05) is 12.1 Å². The number of aliphatic carboxylic acids is 1. The Hall–Kier alpha value is -1.72. The number of halogens is 3. The van der Waals surface area contributed by atoms with E-state index in [9.17, 15) is 18.0 Å². The van der Waals surface area contributed by atoms with E-state index < -0.39 is 24.1 Å². The van der Waals surface area contributed by atoms with Gasteiger partial charge in [0, 0.05) is 5.69 Å². The number of benzene rings is 1. The van der Waals surface area contributed by atoms with Crippen LogP contribution in [0.25, 0.3) is 0 Å². The maximum Gasteiger partial charge on any atom is 0.409 e. The Morgan fingerprint density at radius 2 is 2.11 bits per heavy atom. The molecular formula is C12H12F3NO2. The van der Waals surface area contributed by atoms with E-state index in [1.54, 1.807) is 25.1 Å². The van der Waals surface area contributed by atoms with E-state index in [1.165, 1.54) is 0 Å². The first-order valence-electron chi connectivity index (χ1n) is 5.45. The van der Waals surface area contributed by atoms with Crippen molar-refractivity contribution in [2.24, 2.45) is 5.92 Å². The van der Waals surface area contributed by atoms with Crippen molar-refractivity contribution in [2.45, 2.75) is 25.6 Å². The molecule has 0 amide bonds. The predicted octanol–water partition coefficient (Wildman–Crippen LogP) is 2.59. The van der Waals surface area contributed by atoms with E-state index >= 15 is 0 Å². The number of hydrogen-bond acceptors (Lipinski definition) is 2. The third-order valence-corrected chi connectivity index (χ3v) is 3.22. The van der Waals surface area contributed by atoms with E-state index in [2.05, 4.69) is 5.32 Å². The Bertz CT molecular complexity index is 485. The Labute approximate surface area is 102 Å². The van der Waals surface area contributed by atoms with Crippen molar-refractivity contribution in [1.29, 1.82) is 0 Å². The quantitative estimate of drug-likeness (QED) is 0.815. The number of fused-ring (bicyclic) bond motifs is 1. The van der Waals surface area contributed by atoms with Gasteiger partial charge in [0.2, 0.25) is 0 Å². The summed E-state index contributed by atoms with van der Waals surface area (Å²) < 4.78 is 38.5. The Balaban J connectivity index is 2.44. The highest BCUT2D eigenvalue weighted by Gasteiger charge is 2.50. The summed E-state index contributed by atoms with van der Waals surface area (Å²) in [6, 6.07) is 2.91. The Kier molecular flexibility index (Phi) is 2.96. The highest BCUT2D eigenvalue weighted by molar-refractivity contribution is 5.75. The minimum Gasteiger partial charge on any atom is -0.481 e. The predicted molar refractivity (Wildman–Crippen MR) is 59.5 cm³/mol. The monoisotopic (exact) mass is 259 g/mol. The molecule has 3 nitrogen and oxygen atoms in total. The molecule has 1 aliphatic heterocycles. The molecule has 18 heavy (non-hydrogen) atoms. The Morgan fingerprint density at radius 3 is 2.67 bits per heavy atom. The summed E-state index contributed by atoms with van der Waals surface area (Å²) in [6.07, 6.45) is -4.68. The molecule has 1 aliphatic rings. The molecule has 0 fully saturated rings. The van der Waals surface area contributed by atoms with Crippen molar-refractivity contribution < 1.29 is 23.1 Å². The molecule has 98 valence electrons. The second-order valence-corrected chi connectivity index (χ2v) is 4.41. The maximum absolute atomic E-state index is 12.8. The summed E-state index contributed by atoms with van der Waals surface area (Å²) in [5.74, 6) is -2.92.